The van der Waals surface area contributed by atoms with E-state index in [4.69, 9.17) is 4.52 Å². The van der Waals surface area contributed by atoms with Gasteiger partial charge in [-0.3, -0.25) is 10.1 Å². The van der Waals surface area contributed by atoms with Crippen LogP contribution in [0.15, 0.2) is 28.8 Å². The molecule has 100 valence electrons. The lowest BCUT2D eigenvalue weighted by Gasteiger charge is -2.05. The molecule has 0 spiro atoms. The van der Waals surface area contributed by atoms with Crippen LogP contribution in [0.3, 0.4) is 0 Å². The summed E-state index contributed by atoms with van der Waals surface area (Å²) >= 11 is 0. The number of aromatic nitrogens is 1. The van der Waals surface area contributed by atoms with Gasteiger partial charge in [0, 0.05) is 30.3 Å². The summed E-state index contributed by atoms with van der Waals surface area (Å²) in [5, 5.41) is 17.9. The minimum absolute atomic E-state index is 0.133. The molecule has 0 fully saturated rings. The lowest BCUT2D eigenvalue weighted by atomic mass is 10.1. The Kier molecular flexibility index (Phi) is 3.91. The Bertz CT molecular complexity index is 573. The van der Waals surface area contributed by atoms with E-state index < -0.39 is 0 Å². The zero-order valence-electron chi connectivity index (χ0n) is 10.8. The smallest absolute Gasteiger partial charge is 0.273 e. The Morgan fingerprint density at radius 3 is 2.68 bits per heavy atom. The largest absolute Gasteiger partial charge is 0.361 e. The molecule has 1 aromatic heterocycles. The van der Waals surface area contributed by atoms with E-state index in [1.54, 1.807) is 18.2 Å². The van der Waals surface area contributed by atoms with Crippen molar-refractivity contribution in [3.8, 4) is 0 Å². The number of hydrogen-bond acceptors (Lipinski definition) is 5. The van der Waals surface area contributed by atoms with Gasteiger partial charge in [-0.15, -0.1) is 0 Å². The van der Waals surface area contributed by atoms with Crippen molar-refractivity contribution >= 4 is 5.69 Å². The molecule has 1 N–H and O–H groups in total. The van der Waals surface area contributed by atoms with Gasteiger partial charge in [0.1, 0.15) is 5.76 Å². The van der Waals surface area contributed by atoms with Crippen molar-refractivity contribution in [1.29, 1.82) is 0 Å². The van der Waals surface area contributed by atoms with E-state index in [1.807, 2.05) is 13.8 Å². The molecule has 2 aromatic rings. The first-order chi connectivity index (χ1) is 9.09. The highest BCUT2D eigenvalue weighted by Crippen LogP contribution is 2.18. The lowest BCUT2D eigenvalue weighted by molar-refractivity contribution is -0.385. The number of nitro benzene ring substituents is 1. The predicted molar refractivity (Wildman–Crippen MR) is 69.6 cm³/mol. The minimum atomic E-state index is -0.368. The van der Waals surface area contributed by atoms with Crippen LogP contribution < -0.4 is 5.32 Å². The van der Waals surface area contributed by atoms with E-state index in [-0.39, 0.29) is 10.6 Å². The highest BCUT2D eigenvalue weighted by Gasteiger charge is 2.13. The summed E-state index contributed by atoms with van der Waals surface area (Å²) in [6.07, 6.45) is 0. The van der Waals surface area contributed by atoms with Crippen LogP contribution in [0.5, 0.6) is 0 Å². The van der Waals surface area contributed by atoms with E-state index >= 15 is 0 Å². The number of nitrogens with one attached hydrogen (secondary N) is 1. The molecule has 0 aliphatic heterocycles. The Hall–Kier alpha value is -2.21. The highest BCUT2D eigenvalue weighted by atomic mass is 16.6. The summed E-state index contributed by atoms with van der Waals surface area (Å²) in [5.74, 6) is 0.771. The van der Waals surface area contributed by atoms with E-state index in [1.165, 1.54) is 6.07 Å². The van der Waals surface area contributed by atoms with E-state index in [9.17, 15) is 10.1 Å². The summed E-state index contributed by atoms with van der Waals surface area (Å²) < 4.78 is 5.06. The first kappa shape index (κ1) is 13.2. The monoisotopic (exact) mass is 261 g/mol. The average Bonchev–Trinajstić information content (AvgIpc) is 2.70. The number of nitrogens with zero attached hydrogens (tertiary/aromatic N) is 2. The summed E-state index contributed by atoms with van der Waals surface area (Å²) in [6, 6.07) is 6.71. The number of rotatable bonds is 5. The van der Waals surface area contributed by atoms with Gasteiger partial charge < -0.3 is 9.84 Å². The Labute approximate surface area is 110 Å². The third-order valence-corrected chi connectivity index (χ3v) is 2.99. The molecule has 0 saturated heterocycles. The number of aryl methyl sites for hydroxylation is 2. The Morgan fingerprint density at radius 1 is 1.32 bits per heavy atom. The van der Waals surface area contributed by atoms with Crippen molar-refractivity contribution in [3.63, 3.8) is 0 Å². The van der Waals surface area contributed by atoms with Crippen LogP contribution in [-0.2, 0) is 13.1 Å². The predicted octanol–water partition coefficient (Wildman–Crippen LogP) is 2.49. The summed E-state index contributed by atoms with van der Waals surface area (Å²) in [4.78, 5) is 10.5. The summed E-state index contributed by atoms with van der Waals surface area (Å²) in [5.41, 5.74) is 2.64. The van der Waals surface area contributed by atoms with Crippen LogP contribution in [0.25, 0.3) is 0 Å². The molecule has 0 bridgehead atoms. The number of hydrogen-bond donors (Lipinski definition) is 1. The first-order valence-electron chi connectivity index (χ1n) is 5.94. The second-order valence-electron chi connectivity index (χ2n) is 4.29. The van der Waals surface area contributed by atoms with Crippen molar-refractivity contribution in [2.75, 3.05) is 0 Å². The van der Waals surface area contributed by atoms with E-state index in [0.717, 1.165) is 17.0 Å². The molecule has 0 unspecified atom stereocenters. The zero-order valence-corrected chi connectivity index (χ0v) is 10.8. The molecule has 2 rings (SSSR count). The van der Waals surface area contributed by atoms with Gasteiger partial charge in [-0.2, -0.15) is 0 Å². The summed E-state index contributed by atoms with van der Waals surface area (Å²) in [7, 11) is 0. The summed E-state index contributed by atoms with van der Waals surface area (Å²) in [6.45, 7) is 4.73. The van der Waals surface area contributed by atoms with Gasteiger partial charge >= 0.3 is 0 Å². The maximum absolute atomic E-state index is 10.9. The second kappa shape index (κ2) is 5.62. The third kappa shape index (κ3) is 2.97. The zero-order chi connectivity index (χ0) is 13.8. The Morgan fingerprint density at radius 2 is 2.05 bits per heavy atom. The standard InChI is InChI=1S/C13H15N3O3/c1-9-12(10(2)19-15-9)8-14-7-11-5-3-4-6-13(11)16(17)18/h3-6,14H,7-8H2,1-2H3. The first-order valence-corrected chi connectivity index (χ1v) is 5.94. The van der Waals surface area contributed by atoms with Gasteiger partial charge in [0.25, 0.3) is 5.69 Å². The van der Waals surface area contributed by atoms with Crippen molar-refractivity contribution in [1.82, 2.24) is 10.5 Å². The number of benzene rings is 1. The second-order valence-corrected chi connectivity index (χ2v) is 4.29. The van der Waals surface area contributed by atoms with Crippen molar-refractivity contribution < 1.29 is 9.45 Å². The van der Waals surface area contributed by atoms with Gasteiger partial charge in [-0.1, -0.05) is 23.4 Å². The number of para-hydroxylation sites is 1. The SMILES string of the molecule is Cc1noc(C)c1CNCc1ccccc1[N+](=O)[O-]. The molecule has 19 heavy (non-hydrogen) atoms. The van der Waals surface area contributed by atoms with Gasteiger partial charge in [0.15, 0.2) is 0 Å². The van der Waals surface area contributed by atoms with Gasteiger partial charge in [-0.25, -0.2) is 0 Å². The van der Waals surface area contributed by atoms with Gasteiger partial charge in [-0.05, 0) is 13.8 Å². The average molecular weight is 261 g/mol. The van der Waals surface area contributed by atoms with Gasteiger partial charge in [0.2, 0.25) is 0 Å². The molecule has 6 heteroatoms. The molecule has 0 amide bonds. The van der Waals surface area contributed by atoms with E-state index in [0.29, 0.717) is 18.7 Å². The fourth-order valence-electron chi connectivity index (χ4n) is 1.91. The van der Waals surface area contributed by atoms with Crippen LogP contribution in [0.2, 0.25) is 0 Å². The fourth-order valence-corrected chi connectivity index (χ4v) is 1.91. The van der Waals surface area contributed by atoms with Crippen LogP contribution in [0.1, 0.15) is 22.6 Å². The normalized spacial score (nSPS) is 10.6. The molecule has 1 heterocycles. The molecular formula is C13H15N3O3. The van der Waals surface area contributed by atoms with E-state index in [2.05, 4.69) is 10.5 Å². The third-order valence-electron chi connectivity index (χ3n) is 2.99. The molecule has 0 saturated carbocycles. The lowest BCUT2D eigenvalue weighted by Crippen LogP contribution is -2.14. The fraction of sp³-hybridized carbons (Fsp3) is 0.308. The minimum Gasteiger partial charge on any atom is -0.361 e. The molecule has 1 aromatic carbocycles. The molecule has 0 aliphatic carbocycles. The molecule has 0 aliphatic rings. The van der Waals surface area contributed by atoms with Crippen LogP contribution in [0, 0.1) is 24.0 Å². The van der Waals surface area contributed by atoms with Crippen LogP contribution in [-0.4, -0.2) is 10.1 Å². The van der Waals surface area contributed by atoms with Crippen LogP contribution in [0.4, 0.5) is 5.69 Å². The van der Waals surface area contributed by atoms with Gasteiger partial charge in [0.05, 0.1) is 10.6 Å². The molecule has 6 nitrogen and oxygen atoms in total. The topological polar surface area (TPSA) is 81.2 Å². The number of nitro groups is 1. The quantitative estimate of drug-likeness (QED) is 0.660. The Balaban J connectivity index is 2.02. The van der Waals surface area contributed by atoms with Crippen molar-refractivity contribution in [2.45, 2.75) is 26.9 Å². The van der Waals surface area contributed by atoms with Crippen molar-refractivity contribution in [3.05, 3.63) is 57.0 Å². The molecular weight excluding hydrogens is 246 g/mol. The highest BCUT2D eigenvalue weighted by molar-refractivity contribution is 5.39. The van der Waals surface area contributed by atoms with Crippen molar-refractivity contribution in [2.24, 2.45) is 0 Å². The molecule has 0 radical (unpaired) electrons. The molecule has 0 atom stereocenters. The maximum Gasteiger partial charge on any atom is 0.273 e. The van der Waals surface area contributed by atoms with Crippen LogP contribution >= 0.6 is 0 Å². The maximum atomic E-state index is 10.9.